The number of hydrogen-bond acceptors (Lipinski definition) is 3. The quantitative estimate of drug-likeness (QED) is 0.849. The van der Waals surface area contributed by atoms with Crippen LogP contribution in [0.25, 0.3) is 0 Å². The molecule has 0 bridgehead atoms. The molecule has 0 spiro atoms. The van der Waals surface area contributed by atoms with Crippen molar-refractivity contribution in [3.05, 3.63) is 28.5 Å². The first-order valence-corrected chi connectivity index (χ1v) is 6.00. The maximum absolute atomic E-state index is 11.6. The van der Waals surface area contributed by atoms with E-state index in [1.807, 2.05) is 6.07 Å². The predicted octanol–water partition coefficient (Wildman–Crippen LogP) is 1.46. The summed E-state index contributed by atoms with van der Waals surface area (Å²) in [6, 6.07) is 1.89. The van der Waals surface area contributed by atoms with Crippen LogP contribution in [0, 0.1) is 0 Å². The van der Waals surface area contributed by atoms with Gasteiger partial charge in [0, 0.05) is 36.4 Å². The summed E-state index contributed by atoms with van der Waals surface area (Å²) in [7, 11) is 1.80. The molecule has 1 saturated heterocycles. The van der Waals surface area contributed by atoms with Crippen LogP contribution in [0.2, 0.25) is 0 Å². The number of hydrogen-bond donors (Lipinski definition) is 1. The molecule has 2 heterocycles. The van der Waals surface area contributed by atoms with E-state index in [9.17, 15) is 4.79 Å². The SMILES string of the molecule is CN1C(=O)CCC(N)C1c1cncc(Br)c1. The molecule has 2 unspecified atom stereocenters. The van der Waals surface area contributed by atoms with Crippen LogP contribution >= 0.6 is 15.9 Å². The van der Waals surface area contributed by atoms with Gasteiger partial charge < -0.3 is 10.6 Å². The second-order valence-electron chi connectivity index (χ2n) is 4.09. The van der Waals surface area contributed by atoms with E-state index >= 15 is 0 Å². The molecule has 0 aromatic carbocycles. The minimum atomic E-state index is -0.0637. The van der Waals surface area contributed by atoms with E-state index in [1.165, 1.54) is 0 Å². The van der Waals surface area contributed by atoms with Crippen LogP contribution in [0.15, 0.2) is 22.9 Å². The Morgan fingerprint density at radius 3 is 3.00 bits per heavy atom. The summed E-state index contributed by atoms with van der Waals surface area (Å²) in [6.07, 6.45) is 4.76. The number of amides is 1. The van der Waals surface area contributed by atoms with Gasteiger partial charge in [-0.1, -0.05) is 0 Å². The van der Waals surface area contributed by atoms with E-state index in [2.05, 4.69) is 20.9 Å². The Bertz CT molecular complexity index is 410. The molecule has 2 rings (SSSR count). The van der Waals surface area contributed by atoms with E-state index in [4.69, 9.17) is 5.73 Å². The first kappa shape index (κ1) is 11.5. The van der Waals surface area contributed by atoms with Crippen LogP contribution < -0.4 is 5.73 Å². The predicted molar refractivity (Wildman–Crippen MR) is 64.7 cm³/mol. The molecular formula is C11H14BrN3O. The molecule has 1 amide bonds. The van der Waals surface area contributed by atoms with Gasteiger partial charge in [-0.2, -0.15) is 0 Å². The average molecular weight is 284 g/mol. The number of pyridine rings is 1. The Kier molecular flexibility index (Phi) is 3.25. The minimum Gasteiger partial charge on any atom is -0.337 e. The van der Waals surface area contributed by atoms with Crippen molar-refractivity contribution in [2.24, 2.45) is 5.73 Å². The topological polar surface area (TPSA) is 59.2 Å². The van der Waals surface area contributed by atoms with Gasteiger partial charge in [0.25, 0.3) is 0 Å². The molecule has 1 aromatic rings. The molecule has 4 nitrogen and oxygen atoms in total. The molecule has 86 valence electrons. The van der Waals surface area contributed by atoms with Crippen molar-refractivity contribution in [1.29, 1.82) is 0 Å². The van der Waals surface area contributed by atoms with Crippen molar-refractivity contribution in [3.8, 4) is 0 Å². The number of carbonyl (C=O) groups is 1. The Morgan fingerprint density at radius 1 is 1.56 bits per heavy atom. The van der Waals surface area contributed by atoms with E-state index in [1.54, 1.807) is 24.3 Å². The van der Waals surface area contributed by atoms with Gasteiger partial charge in [0.2, 0.25) is 5.91 Å². The lowest BCUT2D eigenvalue weighted by Crippen LogP contribution is -2.46. The van der Waals surface area contributed by atoms with Gasteiger partial charge >= 0.3 is 0 Å². The largest absolute Gasteiger partial charge is 0.337 e. The lowest BCUT2D eigenvalue weighted by atomic mass is 9.92. The molecule has 2 atom stereocenters. The number of carbonyl (C=O) groups excluding carboxylic acids is 1. The standard InChI is InChI=1S/C11H14BrN3O/c1-15-10(16)3-2-9(13)11(15)7-4-8(12)6-14-5-7/h4-6,9,11H,2-3,13H2,1H3. The highest BCUT2D eigenvalue weighted by Gasteiger charge is 2.32. The van der Waals surface area contributed by atoms with Crippen molar-refractivity contribution in [3.63, 3.8) is 0 Å². The van der Waals surface area contributed by atoms with Gasteiger partial charge in [0.05, 0.1) is 6.04 Å². The molecular weight excluding hydrogens is 270 g/mol. The summed E-state index contributed by atoms with van der Waals surface area (Å²) >= 11 is 3.38. The van der Waals surface area contributed by atoms with Crippen molar-refractivity contribution >= 4 is 21.8 Å². The van der Waals surface area contributed by atoms with E-state index in [-0.39, 0.29) is 18.0 Å². The van der Waals surface area contributed by atoms with Gasteiger partial charge in [-0.25, -0.2) is 0 Å². The van der Waals surface area contributed by atoms with Gasteiger partial charge in [-0.3, -0.25) is 9.78 Å². The van der Waals surface area contributed by atoms with Gasteiger partial charge in [-0.15, -0.1) is 0 Å². The zero-order chi connectivity index (χ0) is 11.7. The third-order valence-electron chi connectivity index (χ3n) is 2.98. The van der Waals surface area contributed by atoms with Crippen LogP contribution in [0.5, 0.6) is 0 Å². The molecule has 5 heteroatoms. The molecule has 16 heavy (non-hydrogen) atoms. The summed E-state index contributed by atoms with van der Waals surface area (Å²) < 4.78 is 0.906. The van der Waals surface area contributed by atoms with Gasteiger partial charge in [0.1, 0.15) is 0 Å². The normalized spacial score (nSPS) is 25.9. The second-order valence-corrected chi connectivity index (χ2v) is 5.00. The molecule has 0 aliphatic carbocycles. The zero-order valence-electron chi connectivity index (χ0n) is 9.06. The summed E-state index contributed by atoms with van der Waals surface area (Å²) in [5.74, 6) is 0.145. The Labute approximate surface area is 103 Å². The maximum atomic E-state index is 11.6. The van der Waals surface area contributed by atoms with Crippen LogP contribution in [-0.4, -0.2) is 28.9 Å². The molecule has 1 aliphatic heterocycles. The first-order valence-electron chi connectivity index (χ1n) is 5.21. The number of nitrogens with zero attached hydrogens (tertiary/aromatic N) is 2. The summed E-state index contributed by atoms with van der Waals surface area (Å²) in [5.41, 5.74) is 7.06. The summed E-state index contributed by atoms with van der Waals surface area (Å²) in [5, 5.41) is 0. The lowest BCUT2D eigenvalue weighted by Gasteiger charge is -2.37. The third kappa shape index (κ3) is 2.10. The highest BCUT2D eigenvalue weighted by atomic mass is 79.9. The molecule has 0 radical (unpaired) electrons. The maximum Gasteiger partial charge on any atom is 0.222 e. The van der Waals surface area contributed by atoms with Crippen LogP contribution in [0.3, 0.4) is 0 Å². The number of nitrogens with two attached hydrogens (primary N) is 1. The van der Waals surface area contributed by atoms with Crippen molar-refractivity contribution in [2.75, 3.05) is 7.05 Å². The summed E-state index contributed by atoms with van der Waals surface area (Å²) in [6.45, 7) is 0. The highest BCUT2D eigenvalue weighted by molar-refractivity contribution is 9.10. The molecule has 0 saturated carbocycles. The van der Waals surface area contributed by atoms with Crippen molar-refractivity contribution in [1.82, 2.24) is 9.88 Å². The Balaban J connectivity index is 2.33. The Morgan fingerprint density at radius 2 is 2.31 bits per heavy atom. The fourth-order valence-corrected chi connectivity index (χ4v) is 2.51. The van der Waals surface area contributed by atoms with E-state index in [0.29, 0.717) is 6.42 Å². The second kappa shape index (κ2) is 4.51. The number of likely N-dealkylation sites (tertiary alicyclic amines) is 1. The monoisotopic (exact) mass is 283 g/mol. The summed E-state index contributed by atoms with van der Waals surface area (Å²) in [4.78, 5) is 17.5. The first-order chi connectivity index (χ1) is 7.59. The van der Waals surface area contributed by atoms with Gasteiger partial charge in [-0.05, 0) is 34.0 Å². The lowest BCUT2D eigenvalue weighted by molar-refractivity contribution is -0.135. The van der Waals surface area contributed by atoms with Crippen molar-refractivity contribution in [2.45, 2.75) is 24.9 Å². The highest BCUT2D eigenvalue weighted by Crippen LogP contribution is 2.30. The van der Waals surface area contributed by atoms with Gasteiger partial charge in [0.15, 0.2) is 0 Å². The van der Waals surface area contributed by atoms with E-state index < -0.39 is 0 Å². The van der Waals surface area contributed by atoms with Crippen LogP contribution in [0.1, 0.15) is 24.4 Å². The minimum absolute atomic E-state index is 0.0150. The number of rotatable bonds is 1. The molecule has 1 fully saturated rings. The molecule has 2 N–H and O–H groups in total. The number of likely N-dealkylation sites (N-methyl/N-ethyl adjacent to an activating group) is 1. The molecule has 1 aliphatic rings. The smallest absolute Gasteiger partial charge is 0.222 e. The molecule has 1 aromatic heterocycles. The van der Waals surface area contributed by atoms with Crippen molar-refractivity contribution < 1.29 is 4.79 Å². The third-order valence-corrected chi connectivity index (χ3v) is 3.41. The number of aromatic nitrogens is 1. The van der Waals surface area contributed by atoms with Crippen LogP contribution in [0.4, 0.5) is 0 Å². The Hall–Kier alpha value is -0.940. The number of piperidine rings is 1. The fourth-order valence-electron chi connectivity index (χ4n) is 2.13. The zero-order valence-corrected chi connectivity index (χ0v) is 10.6. The van der Waals surface area contributed by atoms with Crippen LogP contribution in [-0.2, 0) is 4.79 Å². The number of halogens is 1. The van der Waals surface area contributed by atoms with E-state index in [0.717, 1.165) is 16.5 Å². The fraction of sp³-hybridized carbons (Fsp3) is 0.455. The average Bonchev–Trinajstić information content (AvgIpc) is 2.24.